The van der Waals surface area contributed by atoms with E-state index in [9.17, 15) is 4.79 Å². The van der Waals surface area contributed by atoms with Crippen LogP contribution in [-0.4, -0.2) is 43.4 Å². The number of aromatic nitrogens is 4. The van der Waals surface area contributed by atoms with E-state index < -0.39 is 0 Å². The molecule has 0 saturated heterocycles. The van der Waals surface area contributed by atoms with Gasteiger partial charge in [-0.25, -0.2) is 4.68 Å². The molecular weight excluding hydrogens is 364 g/mol. The van der Waals surface area contributed by atoms with Gasteiger partial charge in [-0.15, -0.1) is 5.10 Å². The first kappa shape index (κ1) is 19.3. The Hall–Kier alpha value is -3.06. The van der Waals surface area contributed by atoms with Crippen molar-refractivity contribution in [2.45, 2.75) is 46.3 Å². The van der Waals surface area contributed by atoms with Gasteiger partial charge in [0.05, 0.1) is 11.4 Å². The highest BCUT2D eigenvalue weighted by Crippen LogP contribution is 2.27. The van der Waals surface area contributed by atoms with Crippen LogP contribution in [0.25, 0.3) is 5.69 Å². The highest BCUT2D eigenvalue weighted by atomic mass is 16.2. The Morgan fingerprint density at radius 1 is 1.21 bits per heavy atom. The van der Waals surface area contributed by atoms with Crippen LogP contribution in [0.2, 0.25) is 0 Å². The molecule has 7 nitrogen and oxygen atoms in total. The molecule has 0 spiro atoms. The minimum atomic E-state index is -0.183. The molecule has 0 aliphatic carbocycles. The summed E-state index contributed by atoms with van der Waals surface area (Å²) < 4.78 is 1.80. The third-order valence-electron chi connectivity index (χ3n) is 5.23. The van der Waals surface area contributed by atoms with Crippen LogP contribution in [0.4, 0.5) is 0 Å². The number of fused-ring (bicyclic) bond motifs is 1. The van der Waals surface area contributed by atoms with Gasteiger partial charge in [0, 0.05) is 38.1 Å². The van der Waals surface area contributed by atoms with Crippen LogP contribution in [0.5, 0.6) is 0 Å². The fourth-order valence-electron chi connectivity index (χ4n) is 3.83. The van der Waals surface area contributed by atoms with E-state index in [0.29, 0.717) is 5.69 Å². The lowest BCUT2D eigenvalue weighted by Crippen LogP contribution is -2.31. The fourth-order valence-corrected chi connectivity index (χ4v) is 3.83. The molecule has 150 valence electrons. The van der Waals surface area contributed by atoms with Gasteiger partial charge in [-0.1, -0.05) is 17.3 Å². The van der Waals surface area contributed by atoms with E-state index in [4.69, 9.17) is 0 Å². The fraction of sp³-hybridized carbons (Fsp3) is 0.364. The van der Waals surface area contributed by atoms with Crippen molar-refractivity contribution in [2.75, 3.05) is 6.54 Å². The highest BCUT2D eigenvalue weighted by molar-refractivity contribution is 5.93. The van der Waals surface area contributed by atoms with Crippen LogP contribution in [0, 0.1) is 6.92 Å². The second-order valence-electron chi connectivity index (χ2n) is 7.79. The molecule has 1 aliphatic rings. The normalized spacial score (nSPS) is 14.1. The summed E-state index contributed by atoms with van der Waals surface area (Å²) in [6, 6.07) is 10.5. The second-order valence-corrected chi connectivity index (χ2v) is 7.79. The van der Waals surface area contributed by atoms with Gasteiger partial charge >= 0.3 is 0 Å². The highest BCUT2D eigenvalue weighted by Gasteiger charge is 2.23. The predicted molar refractivity (Wildman–Crippen MR) is 111 cm³/mol. The summed E-state index contributed by atoms with van der Waals surface area (Å²) in [5, 5.41) is 11.3. The summed E-state index contributed by atoms with van der Waals surface area (Å²) in [5.74, 6) is -0.183. The summed E-state index contributed by atoms with van der Waals surface area (Å²) in [6.45, 7) is 8.54. The van der Waals surface area contributed by atoms with Crippen LogP contribution in [0.3, 0.4) is 0 Å². The molecule has 1 N–H and O–H groups in total. The summed E-state index contributed by atoms with van der Waals surface area (Å²) >= 11 is 0. The zero-order chi connectivity index (χ0) is 20.4. The van der Waals surface area contributed by atoms with Gasteiger partial charge < -0.3 is 5.32 Å². The number of nitrogens with one attached hydrogen (secondary N) is 1. The number of carbonyl (C=O) groups excluding carboxylic acids is 1. The van der Waals surface area contributed by atoms with Gasteiger partial charge in [0.25, 0.3) is 5.91 Å². The molecule has 2 aromatic heterocycles. The quantitative estimate of drug-likeness (QED) is 0.725. The summed E-state index contributed by atoms with van der Waals surface area (Å²) in [6.07, 6.45) is 4.61. The average Bonchev–Trinajstić information content (AvgIpc) is 3.09. The molecule has 3 aromatic rings. The number of benzene rings is 1. The number of rotatable bonds is 5. The van der Waals surface area contributed by atoms with E-state index >= 15 is 0 Å². The lowest BCUT2D eigenvalue weighted by Gasteiger charge is -2.30. The van der Waals surface area contributed by atoms with E-state index in [0.717, 1.165) is 37.4 Å². The van der Waals surface area contributed by atoms with Gasteiger partial charge in [-0.3, -0.25) is 14.7 Å². The number of hydrogen-bond acceptors (Lipinski definition) is 5. The molecule has 1 amide bonds. The van der Waals surface area contributed by atoms with Gasteiger partial charge in [0.1, 0.15) is 0 Å². The van der Waals surface area contributed by atoms with Crippen LogP contribution in [-0.2, 0) is 19.5 Å². The summed E-state index contributed by atoms with van der Waals surface area (Å²) in [7, 11) is 0. The van der Waals surface area contributed by atoms with Crippen molar-refractivity contribution < 1.29 is 4.79 Å². The second kappa shape index (κ2) is 8.13. The van der Waals surface area contributed by atoms with Gasteiger partial charge in [0.15, 0.2) is 5.69 Å². The van der Waals surface area contributed by atoms with E-state index in [2.05, 4.69) is 55.8 Å². The first-order valence-electron chi connectivity index (χ1n) is 9.98. The minimum Gasteiger partial charge on any atom is -0.348 e. The SMILES string of the molecule is Cc1c(C(=O)NC(C)C)nnn1-c1cccc2c1CCN(Cc1ccncc1)C2. The number of amides is 1. The minimum absolute atomic E-state index is 0.0583. The first-order chi connectivity index (χ1) is 14.0. The third kappa shape index (κ3) is 4.05. The van der Waals surface area contributed by atoms with Crippen LogP contribution in [0.15, 0.2) is 42.7 Å². The van der Waals surface area contributed by atoms with Crippen molar-refractivity contribution in [2.24, 2.45) is 0 Å². The Morgan fingerprint density at radius 3 is 2.76 bits per heavy atom. The molecule has 1 aromatic carbocycles. The molecule has 0 atom stereocenters. The van der Waals surface area contributed by atoms with Crippen LogP contribution in [0.1, 0.15) is 46.7 Å². The Kier molecular flexibility index (Phi) is 5.40. The molecule has 0 radical (unpaired) electrons. The Morgan fingerprint density at radius 2 is 2.00 bits per heavy atom. The average molecular weight is 390 g/mol. The molecule has 0 bridgehead atoms. The molecule has 0 saturated carbocycles. The van der Waals surface area contributed by atoms with Gasteiger partial charge in [-0.05, 0) is 62.1 Å². The smallest absolute Gasteiger partial charge is 0.273 e. The zero-order valence-electron chi connectivity index (χ0n) is 17.1. The monoisotopic (exact) mass is 390 g/mol. The molecule has 0 fully saturated rings. The lowest BCUT2D eigenvalue weighted by atomic mass is 9.97. The van der Waals surface area contributed by atoms with Crippen molar-refractivity contribution in [3.8, 4) is 5.69 Å². The molecule has 0 unspecified atom stereocenters. The largest absolute Gasteiger partial charge is 0.348 e. The van der Waals surface area contributed by atoms with Gasteiger partial charge in [0.2, 0.25) is 0 Å². The van der Waals surface area contributed by atoms with Gasteiger partial charge in [-0.2, -0.15) is 0 Å². The van der Waals surface area contributed by atoms with Crippen LogP contribution < -0.4 is 5.32 Å². The molecule has 1 aliphatic heterocycles. The maximum absolute atomic E-state index is 12.4. The van der Waals surface area contributed by atoms with Crippen molar-refractivity contribution in [1.29, 1.82) is 0 Å². The number of nitrogens with zero attached hydrogens (tertiary/aromatic N) is 5. The van der Waals surface area contributed by atoms with E-state index in [1.807, 2.05) is 33.2 Å². The number of hydrogen-bond donors (Lipinski definition) is 1. The Balaban J connectivity index is 1.58. The third-order valence-corrected chi connectivity index (χ3v) is 5.23. The predicted octanol–water partition coefficient (Wildman–Crippen LogP) is 2.67. The zero-order valence-corrected chi connectivity index (χ0v) is 17.1. The number of carbonyl (C=O) groups is 1. The topological polar surface area (TPSA) is 75.9 Å². The number of pyridine rings is 1. The van der Waals surface area contributed by atoms with Crippen molar-refractivity contribution in [3.63, 3.8) is 0 Å². The maximum atomic E-state index is 12.4. The van der Waals surface area contributed by atoms with E-state index in [-0.39, 0.29) is 11.9 Å². The first-order valence-corrected chi connectivity index (χ1v) is 9.98. The lowest BCUT2D eigenvalue weighted by molar-refractivity contribution is 0.0937. The maximum Gasteiger partial charge on any atom is 0.273 e. The summed E-state index contributed by atoms with van der Waals surface area (Å²) in [5.41, 5.74) is 6.00. The Labute approximate surface area is 170 Å². The molecule has 29 heavy (non-hydrogen) atoms. The molecule has 3 heterocycles. The molecule has 4 rings (SSSR count). The van der Waals surface area contributed by atoms with E-state index in [1.54, 1.807) is 4.68 Å². The standard InChI is InChI=1S/C22H26N6O/c1-15(2)24-22(29)21-16(3)28(26-25-21)20-6-4-5-18-14-27(12-9-19(18)20)13-17-7-10-23-11-8-17/h4-8,10-11,15H,9,12-14H2,1-3H3,(H,24,29). The molecule has 7 heteroatoms. The van der Waals surface area contributed by atoms with Crippen molar-refractivity contribution in [1.82, 2.24) is 30.2 Å². The van der Waals surface area contributed by atoms with E-state index in [1.165, 1.54) is 16.7 Å². The van der Waals surface area contributed by atoms with Crippen LogP contribution >= 0.6 is 0 Å². The molecular formula is C22H26N6O. The van der Waals surface area contributed by atoms with Crippen molar-refractivity contribution in [3.05, 3.63) is 70.8 Å². The van der Waals surface area contributed by atoms with Crippen molar-refractivity contribution >= 4 is 5.91 Å². The summed E-state index contributed by atoms with van der Waals surface area (Å²) in [4.78, 5) is 18.9. The Bertz CT molecular complexity index is 1010.